The van der Waals surface area contributed by atoms with Crippen molar-refractivity contribution in [2.24, 2.45) is 0 Å². The number of halogens is 1. The second-order valence-electron chi connectivity index (χ2n) is 8.23. The Balaban J connectivity index is 1.99. The zero-order valence-electron chi connectivity index (χ0n) is 19.5. The van der Waals surface area contributed by atoms with E-state index in [0.29, 0.717) is 17.0 Å². The standard InChI is InChI=1S/C25H27ClO9/c1-13(27)32-12-21-22(31)24(33-14(2)28)25(34-15(3)29)23(35-21)17-6-9-20(26)18(11-17)10-16-4-7-19(30)8-5-16/h4-9,11,21-25,30-31H,10,12H2,1-3H3/t21-,22-,23+,24+,25+/m1/s1. The monoisotopic (exact) mass is 506 g/mol. The van der Waals surface area contributed by atoms with Crippen LogP contribution < -0.4 is 0 Å². The normalized spacial score (nSPS) is 23.9. The second kappa shape index (κ2) is 11.5. The van der Waals surface area contributed by atoms with Crippen LogP contribution in [0.15, 0.2) is 42.5 Å². The van der Waals surface area contributed by atoms with Crippen molar-refractivity contribution in [3.8, 4) is 5.75 Å². The summed E-state index contributed by atoms with van der Waals surface area (Å²) in [6.45, 7) is 3.27. The summed E-state index contributed by atoms with van der Waals surface area (Å²) < 4.78 is 21.9. The van der Waals surface area contributed by atoms with Crippen LogP contribution in [-0.4, -0.2) is 59.1 Å². The number of hydrogen-bond acceptors (Lipinski definition) is 9. The lowest BCUT2D eigenvalue weighted by Crippen LogP contribution is -2.58. The first-order chi connectivity index (χ1) is 16.5. The molecule has 1 aliphatic heterocycles. The molecule has 0 aliphatic carbocycles. The van der Waals surface area contributed by atoms with Crippen molar-refractivity contribution in [1.82, 2.24) is 0 Å². The molecule has 0 amide bonds. The fourth-order valence-corrected chi connectivity index (χ4v) is 4.10. The number of carbonyl (C=O) groups is 3. The lowest BCUT2D eigenvalue weighted by atomic mass is 9.89. The molecule has 0 saturated carbocycles. The molecule has 1 fully saturated rings. The highest BCUT2D eigenvalue weighted by molar-refractivity contribution is 6.31. The Morgan fingerprint density at radius 2 is 1.57 bits per heavy atom. The molecule has 2 N–H and O–H groups in total. The van der Waals surface area contributed by atoms with Gasteiger partial charge in [0.25, 0.3) is 0 Å². The van der Waals surface area contributed by atoms with Crippen molar-refractivity contribution in [2.45, 2.75) is 57.7 Å². The van der Waals surface area contributed by atoms with Crippen LogP contribution in [0.3, 0.4) is 0 Å². The molecular formula is C25H27ClO9. The van der Waals surface area contributed by atoms with Crippen molar-refractivity contribution in [3.05, 3.63) is 64.2 Å². The van der Waals surface area contributed by atoms with Crippen LogP contribution in [0.2, 0.25) is 5.02 Å². The Bertz CT molecular complexity index is 1070. The third kappa shape index (κ3) is 6.94. The summed E-state index contributed by atoms with van der Waals surface area (Å²) in [4.78, 5) is 35.0. The van der Waals surface area contributed by atoms with Crippen molar-refractivity contribution >= 4 is 29.5 Å². The maximum absolute atomic E-state index is 11.9. The highest BCUT2D eigenvalue weighted by Crippen LogP contribution is 2.37. The number of phenolic OH excluding ortho intramolecular Hbond substituents is 1. The fourth-order valence-electron chi connectivity index (χ4n) is 3.92. The van der Waals surface area contributed by atoms with E-state index in [0.717, 1.165) is 11.1 Å². The molecule has 1 aliphatic rings. The van der Waals surface area contributed by atoms with Gasteiger partial charge in [-0.1, -0.05) is 35.9 Å². The van der Waals surface area contributed by atoms with Gasteiger partial charge in [0, 0.05) is 25.8 Å². The van der Waals surface area contributed by atoms with Crippen LogP contribution in [-0.2, 0) is 39.8 Å². The molecular weight excluding hydrogens is 480 g/mol. The molecule has 3 rings (SSSR count). The highest BCUT2D eigenvalue weighted by Gasteiger charge is 2.50. The molecule has 9 nitrogen and oxygen atoms in total. The molecule has 0 unspecified atom stereocenters. The van der Waals surface area contributed by atoms with Crippen LogP contribution in [0.4, 0.5) is 0 Å². The number of phenols is 1. The Hall–Kier alpha value is -3.14. The summed E-state index contributed by atoms with van der Waals surface area (Å²) in [6, 6.07) is 11.8. The van der Waals surface area contributed by atoms with Crippen molar-refractivity contribution in [3.63, 3.8) is 0 Å². The largest absolute Gasteiger partial charge is 0.508 e. The van der Waals surface area contributed by atoms with Gasteiger partial charge in [0.2, 0.25) is 0 Å². The minimum atomic E-state index is -1.43. The van der Waals surface area contributed by atoms with Crippen LogP contribution in [0, 0.1) is 0 Å². The first-order valence-corrected chi connectivity index (χ1v) is 11.3. The van der Waals surface area contributed by atoms with Crippen molar-refractivity contribution < 1.29 is 43.5 Å². The molecule has 1 heterocycles. The molecule has 1 saturated heterocycles. The van der Waals surface area contributed by atoms with E-state index in [9.17, 15) is 24.6 Å². The van der Waals surface area contributed by atoms with Crippen LogP contribution in [0.5, 0.6) is 5.75 Å². The lowest BCUT2D eigenvalue weighted by Gasteiger charge is -2.43. The quantitative estimate of drug-likeness (QED) is 0.430. The van der Waals surface area contributed by atoms with Crippen molar-refractivity contribution in [2.75, 3.05) is 6.61 Å². The maximum atomic E-state index is 11.9. The smallest absolute Gasteiger partial charge is 0.303 e. The first kappa shape index (κ1) is 26.5. The van der Waals surface area contributed by atoms with Gasteiger partial charge < -0.3 is 29.2 Å². The van der Waals surface area contributed by atoms with Gasteiger partial charge in [0.05, 0.1) is 0 Å². The summed E-state index contributed by atoms with van der Waals surface area (Å²) in [5.74, 6) is -1.79. The van der Waals surface area contributed by atoms with Gasteiger partial charge in [0.1, 0.15) is 30.7 Å². The van der Waals surface area contributed by atoms with Gasteiger partial charge in [-0.05, 0) is 41.3 Å². The van der Waals surface area contributed by atoms with Crippen LogP contribution in [0.1, 0.15) is 43.6 Å². The van der Waals surface area contributed by atoms with E-state index < -0.39 is 48.4 Å². The van der Waals surface area contributed by atoms with E-state index in [1.165, 1.54) is 20.8 Å². The highest BCUT2D eigenvalue weighted by atomic mass is 35.5. The topological polar surface area (TPSA) is 129 Å². The average Bonchev–Trinajstić information content (AvgIpc) is 2.78. The van der Waals surface area contributed by atoms with Gasteiger partial charge >= 0.3 is 17.9 Å². The van der Waals surface area contributed by atoms with Gasteiger partial charge in [-0.25, -0.2) is 0 Å². The second-order valence-corrected chi connectivity index (χ2v) is 8.64. The van der Waals surface area contributed by atoms with Crippen LogP contribution >= 0.6 is 11.6 Å². The third-order valence-corrected chi connectivity index (χ3v) is 5.81. The lowest BCUT2D eigenvalue weighted by molar-refractivity contribution is -0.249. The SMILES string of the molecule is CC(=O)OC[C@H]1O[C@@H](c2ccc(Cl)c(Cc3ccc(O)cc3)c2)[C@H](OC(C)=O)[C@@H](OC(C)=O)[C@@H]1O. The number of benzene rings is 2. The summed E-state index contributed by atoms with van der Waals surface area (Å²) in [5.41, 5.74) is 2.17. The number of rotatable bonds is 7. The zero-order valence-corrected chi connectivity index (χ0v) is 20.2. The summed E-state index contributed by atoms with van der Waals surface area (Å²) in [6.07, 6.45) is -5.47. The zero-order chi connectivity index (χ0) is 25.7. The van der Waals surface area contributed by atoms with E-state index in [2.05, 4.69) is 0 Å². The molecule has 5 atom stereocenters. The molecule has 188 valence electrons. The van der Waals surface area contributed by atoms with Crippen molar-refractivity contribution in [1.29, 1.82) is 0 Å². The Morgan fingerprint density at radius 3 is 2.17 bits per heavy atom. The predicted octanol–water partition coefficient (Wildman–Crippen LogP) is 2.86. The number of carbonyl (C=O) groups excluding carboxylic acids is 3. The summed E-state index contributed by atoms with van der Waals surface area (Å²) in [7, 11) is 0. The fraction of sp³-hybridized carbons (Fsp3) is 0.400. The molecule has 2 aromatic rings. The minimum Gasteiger partial charge on any atom is -0.508 e. The Labute approximate surface area is 207 Å². The molecule has 0 aromatic heterocycles. The van der Waals surface area contributed by atoms with E-state index >= 15 is 0 Å². The number of ether oxygens (including phenoxy) is 4. The van der Waals surface area contributed by atoms with E-state index in [1.54, 1.807) is 42.5 Å². The van der Waals surface area contributed by atoms with Crippen LogP contribution in [0.25, 0.3) is 0 Å². The predicted molar refractivity (Wildman–Crippen MR) is 124 cm³/mol. The van der Waals surface area contributed by atoms with Gasteiger partial charge in [0.15, 0.2) is 12.2 Å². The first-order valence-electron chi connectivity index (χ1n) is 10.9. The molecule has 2 aromatic carbocycles. The van der Waals surface area contributed by atoms with E-state index in [-0.39, 0.29) is 12.4 Å². The number of aromatic hydroxyl groups is 1. The minimum absolute atomic E-state index is 0.141. The van der Waals surface area contributed by atoms with Gasteiger partial charge in [-0.3, -0.25) is 14.4 Å². The number of aliphatic hydroxyl groups is 1. The Morgan fingerprint density at radius 1 is 0.943 bits per heavy atom. The number of esters is 3. The molecule has 10 heteroatoms. The third-order valence-electron chi connectivity index (χ3n) is 5.45. The summed E-state index contributed by atoms with van der Waals surface area (Å²) >= 11 is 6.43. The molecule has 35 heavy (non-hydrogen) atoms. The van der Waals surface area contributed by atoms with Gasteiger partial charge in [-0.2, -0.15) is 0 Å². The average molecular weight is 507 g/mol. The maximum Gasteiger partial charge on any atom is 0.303 e. The molecule has 0 bridgehead atoms. The molecule has 0 radical (unpaired) electrons. The molecule has 0 spiro atoms. The van der Waals surface area contributed by atoms with E-state index in [4.69, 9.17) is 30.5 Å². The number of hydrogen-bond donors (Lipinski definition) is 2. The Kier molecular flexibility index (Phi) is 8.71. The van der Waals surface area contributed by atoms with E-state index in [1.807, 2.05) is 0 Å². The summed E-state index contributed by atoms with van der Waals surface area (Å²) in [5, 5.41) is 20.8. The number of aliphatic hydroxyl groups excluding tert-OH is 1. The van der Waals surface area contributed by atoms with Gasteiger partial charge in [-0.15, -0.1) is 0 Å².